The van der Waals surface area contributed by atoms with Crippen molar-refractivity contribution in [2.45, 2.75) is 19.4 Å². The Morgan fingerprint density at radius 3 is 2.61 bits per heavy atom. The second-order valence-electron chi connectivity index (χ2n) is 3.66. The van der Waals surface area contributed by atoms with Crippen molar-refractivity contribution < 1.29 is 20.9 Å². The van der Waals surface area contributed by atoms with E-state index in [1.165, 1.54) is 19.1 Å². The number of carboxylic acid groups (broad SMARTS) is 1. The number of benzene rings is 1. The Kier molecular flexibility index (Phi) is 4.03. The summed E-state index contributed by atoms with van der Waals surface area (Å²) < 4.78 is 7.34. The van der Waals surface area contributed by atoms with Gasteiger partial charge in [0.2, 0.25) is 5.91 Å². The van der Waals surface area contributed by atoms with Crippen molar-refractivity contribution in [3.05, 3.63) is 29.8 Å². The number of aliphatic carboxylic acids is 1. The van der Waals surface area contributed by atoms with Gasteiger partial charge in [-0.3, -0.25) is 14.4 Å². The number of hydrogen-bond donors (Lipinski definition) is 3. The summed E-state index contributed by atoms with van der Waals surface area (Å²) in [7, 11) is 0. The largest absolute Gasteiger partial charge is 0.480 e. The second-order valence-corrected chi connectivity index (χ2v) is 3.66. The third kappa shape index (κ3) is 3.67. The zero-order chi connectivity index (χ0) is 14.6. The van der Waals surface area contributed by atoms with Crippen LogP contribution in [0.5, 0.6) is 0 Å². The topological polar surface area (TPSA) is 109 Å². The van der Waals surface area contributed by atoms with Gasteiger partial charge in [-0.2, -0.15) is 0 Å². The van der Waals surface area contributed by atoms with Crippen LogP contribution in [0.15, 0.2) is 24.3 Å². The lowest BCUT2D eigenvalue weighted by molar-refractivity contribution is -0.138. The zero-order valence-electron chi connectivity index (χ0n) is 10.8. The summed E-state index contributed by atoms with van der Waals surface area (Å²) in [5, 5.41) is 11.2. The van der Waals surface area contributed by atoms with Crippen molar-refractivity contribution >= 4 is 23.3 Å². The number of anilines is 1. The van der Waals surface area contributed by atoms with Gasteiger partial charge in [-0.15, -0.1) is 0 Å². The van der Waals surface area contributed by atoms with Crippen LogP contribution in [0.1, 0.15) is 25.1 Å². The first-order valence-corrected chi connectivity index (χ1v) is 5.16. The number of para-hydroxylation sites is 1. The molecule has 0 radical (unpaired) electrons. The van der Waals surface area contributed by atoms with E-state index >= 15 is 0 Å². The number of nitrogens with one attached hydrogen (secondary N) is 1. The first kappa shape index (κ1) is 12.3. The summed E-state index contributed by atoms with van der Waals surface area (Å²) in [6.07, 6.45) is -0.682. The normalized spacial score (nSPS) is 14.2. The molecule has 0 spiro atoms. The fourth-order valence-corrected chi connectivity index (χ4v) is 1.37. The Balaban J connectivity index is 3.00. The molecule has 0 heterocycles. The Morgan fingerprint density at radius 1 is 1.44 bits per heavy atom. The molecule has 0 saturated heterocycles. The Hall–Kier alpha value is -2.21. The standard InChI is InChI=1S/C12H14N2O4/c1-7(15)14-10-5-3-2-4-8(10)11(16)6-9(13)12(17)18/h2-5,9H,6,13H2,1H3,(H,14,15)(H,17,18)/t9-/m0/s1/i9D. The molecule has 4 N–H and O–H groups in total. The molecular weight excluding hydrogens is 236 g/mol. The fraction of sp³-hybridized carbons (Fsp3) is 0.250. The van der Waals surface area contributed by atoms with E-state index in [9.17, 15) is 14.4 Å². The number of carbonyl (C=O) groups is 3. The maximum Gasteiger partial charge on any atom is 0.320 e. The summed E-state index contributed by atoms with van der Waals surface area (Å²) in [4.78, 5) is 33.7. The molecule has 0 unspecified atom stereocenters. The van der Waals surface area contributed by atoms with Crippen LogP contribution in [-0.4, -0.2) is 28.8 Å². The third-order valence-electron chi connectivity index (χ3n) is 2.16. The number of amides is 1. The van der Waals surface area contributed by atoms with E-state index in [4.69, 9.17) is 12.2 Å². The fourth-order valence-electron chi connectivity index (χ4n) is 1.37. The molecular formula is C12H14N2O4. The van der Waals surface area contributed by atoms with E-state index in [1.807, 2.05) is 0 Å². The minimum atomic E-state index is -2.39. The summed E-state index contributed by atoms with van der Waals surface area (Å²) in [5.41, 5.74) is 5.60. The molecule has 0 fully saturated rings. The number of Topliss-reactive ketones (excluding diaryl/α,β-unsaturated/α-hetero) is 1. The van der Waals surface area contributed by atoms with Crippen molar-refractivity contribution in [1.29, 1.82) is 0 Å². The highest BCUT2D eigenvalue weighted by Gasteiger charge is 2.19. The van der Waals surface area contributed by atoms with Crippen molar-refractivity contribution in [1.82, 2.24) is 0 Å². The smallest absolute Gasteiger partial charge is 0.320 e. The third-order valence-corrected chi connectivity index (χ3v) is 2.16. The van der Waals surface area contributed by atoms with Crippen molar-refractivity contribution in [2.24, 2.45) is 5.73 Å². The molecule has 1 aromatic rings. The van der Waals surface area contributed by atoms with Gasteiger partial charge in [-0.1, -0.05) is 12.1 Å². The lowest BCUT2D eigenvalue weighted by Gasteiger charge is -2.10. The SMILES string of the molecule is [2H][C@](N)(CC(=O)c1ccccc1NC(C)=O)C(=O)O. The average molecular weight is 251 g/mol. The Labute approximate surface area is 105 Å². The molecule has 18 heavy (non-hydrogen) atoms. The number of rotatable bonds is 5. The molecule has 6 nitrogen and oxygen atoms in total. The summed E-state index contributed by atoms with van der Waals surface area (Å²) in [6.45, 7) is 1.29. The van der Waals surface area contributed by atoms with E-state index in [0.717, 1.165) is 0 Å². The van der Waals surface area contributed by atoms with Crippen LogP contribution in [0, 0.1) is 0 Å². The van der Waals surface area contributed by atoms with Gasteiger partial charge in [0.1, 0.15) is 6.02 Å². The van der Waals surface area contributed by atoms with E-state index in [-0.39, 0.29) is 17.2 Å². The highest BCUT2D eigenvalue weighted by atomic mass is 16.4. The van der Waals surface area contributed by atoms with Gasteiger partial charge in [0.15, 0.2) is 5.78 Å². The van der Waals surface area contributed by atoms with Crippen LogP contribution in [-0.2, 0) is 9.59 Å². The van der Waals surface area contributed by atoms with Crippen molar-refractivity contribution in [2.75, 3.05) is 5.32 Å². The molecule has 1 aromatic carbocycles. The summed E-state index contributed by atoms with van der Waals surface area (Å²) >= 11 is 0. The minimum Gasteiger partial charge on any atom is -0.480 e. The van der Waals surface area contributed by atoms with E-state index in [0.29, 0.717) is 0 Å². The first-order chi connectivity index (χ1) is 8.74. The van der Waals surface area contributed by atoms with Crippen LogP contribution in [0.3, 0.4) is 0 Å². The van der Waals surface area contributed by atoms with Crippen LogP contribution < -0.4 is 11.1 Å². The van der Waals surface area contributed by atoms with Crippen LogP contribution >= 0.6 is 0 Å². The number of carboxylic acids is 1. The van der Waals surface area contributed by atoms with Gasteiger partial charge in [-0.05, 0) is 12.1 Å². The van der Waals surface area contributed by atoms with E-state index in [2.05, 4.69) is 5.32 Å². The van der Waals surface area contributed by atoms with Crippen LogP contribution in [0.25, 0.3) is 0 Å². The van der Waals surface area contributed by atoms with Gasteiger partial charge >= 0.3 is 5.97 Å². The van der Waals surface area contributed by atoms with Crippen LogP contribution in [0.4, 0.5) is 5.69 Å². The van der Waals surface area contributed by atoms with Crippen molar-refractivity contribution in [3.8, 4) is 0 Å². The molecule has 1 amide bonds. The lowest BCUT2D eigenvalue weighted by atomic mass is 10.0. The highest BCUT2D eigenvalue weighted by molar-refractivity contribution is 6.05. The first-order valence-electron chi connectivity index (χ1n) is 5.66. The quantitative estimate of drug-likeness (QED) is 0.665. The molecule has 0 aromatic heterocycles. The number of carbonyl (C=O) groups excluding carboxylic acids is 2. The summed E-state index contributed by atoms with van der Waals surface area (Å²) in [6, 6.07) is 3.75. The minimum absolute atomic E-state index is 0.126. The number of hydrogen-bond acceptors (Lipinski definition) is 4. The average Bonchev–Trinajstić information content (AvgIpc) is 2.27. The van der Waals surface area contributed by atoms with Crippen molar-refractivity contribution in [3.63, 3.8) is 0 Å². The Bertz CT molecular complexity index is 528. The second kappa shape index (κ2) is 5.92. The van der Waals surface area contributed by atoms with Gasteiger partial charge in [0.25, 0.3) is 0 Å². The van der Waals surface area contributed by atoms with Gasteiger partial charge in [-0.25, -0.2) is 0 Å². The predicted octanol–water partition coefficient (Wildman–Crippen LogP) is 0.630. The maximum atomic E-state index is 12.0. The zero-order valence-corrected chi connectivity index (χ0v) is 9.77. The molecule has 0 bridgehead atoms. The molecule has 1 rings (SSSR count). The monoisotopic (exact) mass is 251 g/mol. The Morgan fingerprint density at radius 2 is 2.06 bits per heavy atom. The molecule has 96 valence electrons. The summed E-state index contributed by atoms with van der Waals surface area (Å²) in [5.74, 6) is -2.56. The number of ketones is 1. The highest BCUT2D eigenvalue weighted by Crippen LogP contribution is 2.17. The van der Waals surface area contributed by atoms with Crippen LogP contribution in [0.2, 0.25) is 0 Å². The molecule has 6 heteroatoms. The maximum absolute atomic E-state index is 12.0. The molecule has 1 atom stereocenters. The van der Waals surface area contributed by atoms with Gasteiger partial charge in [0.05, 0.1) is 7.06 Å². The molecule has 0 aliphatic carbocycles. The van der Waals surface area contributed by atoms with E-state index < -0.39 is 24.2 Å². The van der Waals surface area contributed by atoms with Gasteiger partial charge in [0, 0.05) is 18.9 Å². The molecule has 0 aliphatic heterocycles. The lowest BCUT2D eigenvalue weighted by Crippen LogP contribution is -2.32. The molecule has 0 aliphatic rings. The predicted molar refractivity (Wildman–Crippen MR) is 65.3 cm³/mol. The number of nitrogens with two attached hydrogens (primary N) is 1. The van der Waals surface area contributed by atoms with E-state index in [1.54, 1.807) is 12.1 Å². The van der Waals surface area contributed by atoms with Gasteiger partial charge < -0.3 is 16.2 Å². The molecule has 0 saturated carbocycles.